The van der Waals surface area contributed by atoms with E-state index in [1.807, 2.05) is 0 Å². The van der Waals surface area contributed by atoms with Gasteiger partial charge in [-0.2, -0.15) is 0 Å². The van der Waals surface area contributed by atoms with Gasteiger partial charge in [0.05, 0.1) is 64.2 Å². The average molecular weight is 866 g/mol. The Kier molecular flexibility index (Phi) is 18.9. The molecule has 4 saturated heterocycles. The monoisotopic (exact) mass is 865 g/mol. The van der Waals surface area contributed by atoms with Crippen molar-refractivity contribution in [2.24, 2.45) is 0 Å². The quantitative estimate of drug-likeness (QED) is 0.0517. The third kappa shape index (κ3) is 12.1. The number of carbonyl (C=O) groups excluding carboxylic acids is 3. The highest BCUT2D eigenvalue weighted by atomic mass is 16.8. The summed E-state index contributed by atoms with van der Waals surface area (Å²) in [6, 6.07) is 0. The molecule has 20 atom stereocenters. The van der Waals surface area contributed by atoms with Crippen LogP contribution >= 0.6 is 0 Å². The third-order valence-electron chi connectivity index (χ3n) is 9.67. The second kappa shape index (κ2) is 22.6. The van der Waals surface area contributed by atoms with Crippen LogP contribution in [0, 0.1) is 0 Å². The van der Waals surface area contributed by atoms with Crippen LogP contribution in [0.15, 0.2) is 0 Å². The highest BCUT2D eigenvalue weighted by Crippen LogP contribution is 2.35. The lowest BCUT2D eigenvalue weighted by Gasteiger charge is -2.49. The largest absolute Gasteiger partial charge is 0.548 e. The van der Waals surface area contributed by atoms with Gasteiger partial charge in [0.1, 0.15) is 97.7 Å². The van der Waals surface area contributed by atoms with Gasteiger partial charge in [0.2, 0.25) is 0 Å². The Hall–Kier alpha value is -2.43. The summed E-state index contributed by atoms with van der Waals surface area (Å²) < 4.78 is 65.1. The van der Waals surface area contributed by atoms with Crippen molar-refractivity contribution in [3.63, 3.8) is 0 Å². The van der Waals surface area contributed by atoms with Crippen molar-refractivity contribution in [3.05, 3.63) is 0 Å². The molecule has 4 aliphatic heterocycles. The van der Waals surface area contributed by atoms with Gasteiger partial charge in [0.25, 0.3) is 0 Å². The van der Waals surface area contributed by atoms with E-state index in [0.717, 1.165) is 14.2 Å². The molecular formula is C32H49O27-3. The van der Waals surface area contributed by atoms with E-state index in [4.69, 9.17) is 56.8 Å². The van der Waals surface area contributed by atoms with Crippen LogP contribution in [-0.2, 0) is 71.2 Å². The Morgan fingerprint density at radius 2 is 0.831 bits per heavy atom. The lowest BCUT2D eigenvalue weighted by Crippen LogP contribution is -2.68. The summed E-state index contributed by atoms with van der Waals surface area (Å²) in [6.07, 6.45) is -35.4. The van der Waals surface area contributed by atoms with Gasteiger partial charge in [-0.25, -0.2) is 0 Å². The van der Waals surface area contributed by atoms with Crippen molar-refractivity contribution in [2.45, 2.75) is 123 Å². The van der Waals surface area contributed by atoms with Crippen LogP contribution < -0.4 is 15.3 Å². The van der Waals surface area contributed by atoms with E-state index in [1.165, 1.54) is 0 Å². The van der Waals surface area contributed by atoms with E-state index >= 15 is 0 Å². The molecule has 0 saturated carbocycles. The Labute approximate surface area is 333 Å². The van der Waals surface area contributed by atoms with Crippen LogP contribution in [0.2, 0.25) is 0 Å². The van der Waals surface area contributed by atoms with Gasteiger partial charge in [-0.15, -0.1) is 0 Å². The molecular weight excluding hydrogens is 816 g/mol. The molecule has 4 heterocycles. The number of aliphatic hydroxyl groups is 9. The van der Waals surface area contributed by atoms with Crippen LogP contribution in [0.25, 0.3) is 0 Å². The van der Waals surface area contributed by atoms with Gasteiger partial charge < -0.3 is 133 Å². The average Bonchev–Trinajstić information content (AvgIpc) is 3.19. The van der Waals surface area contributed by atoms with E-state index in [2.05, 4.69) is 0 Å². The number of carboxylic acids is 3. The van der Waals surface area contributed by atoms with Gasteiger partial charge >= 0.3 is 0 Å². The summed E-state index contributed by atoms with van der Waals surface area (Å²) in [5, 5.41) is 130. The molecule has 0 amide bonds. The molecule has 9 N–H and O–H groups in total. The van der Waals surface area contributed by atoms with Gasteiger partial charge in [0, 0.05) is 14.2 Å². The first-order valence-corrected chi connectivity index (χ1v) is 18.0. The first-order chi connectivity index (χ1) is 28.0. The molecule has 0 aliphatic carbocycles. The van der Waals surface area contributed by atoms with Gasteiger partial charge in [0.15, 0.2) is 25.2 Å². The molecule has 27 nitrogen and oxygen atoms in total. The molecule has 0 radical (unpaired) electrons. The minimum atomic E-state index is -2.14. The number of rotatable bonds is 21. The van der Waals surface area contributed by atoms with E-state index in [9.17, 15) is 75.7 Å². The van der Waals surface area contributed by atoms with Crippen molar-refractivity contribution >= 4 is 17.9 Å². The van der Waals surface area contributed by atoms with Crippen molar-refractivity contribution in [1.29, 1.82) is 0 Å². The smallest absolute Gasteiger partial charge is 0.187 e. The maximum atomic E-state index is 11.5. The number of carboxylic acid groups (broad SMARTS) is 3. The first-order valence-electron chi connectivity index (χ1n) is 18.0. The summed E-state index contributed by atoms with van der Waals surface area (Å²) >= 11 is 0. The first kappa shape index (κ1) is 49.2. The minimum Gasteiger partial charge on any atom is -0.548 e. The Bertz CT molecular complexity index is 1330. The molecule has 0 aromatic heterocycles. The number of methoxy groups -OCH3 is 2. The van der Waals surface area contributed by atoms with Crippen LogP contribution in [0.3, 0.4) is 0 Å². The van der Waals surface area contributed by atoms with E-state index < -0.39 is 187 Å². The molecule has 59 heavy (non-hydrogen) atoms. The number of hydrogen-bond donors (Lipinski definition) is 9. The highest BCUT2D eigenvalue weighted by molar-refractivity contribution is 5.66. The molecule has 8 unspecified atom stereocenters. The number of aliphatic carboxylic acids is 3. The summed E-state index contributed by atoms with van der Waals surface area (Å²) in [4.78, 5) is 33.1. The van der Waals surface area contributed by atoms with Crippen molar-refractivity contribution in [3.8, 4) is 0 Å². The molecule has 4 fully saturated rings. The van der Waals surface area contributed by atoms with Gasteiger partial charge in [-0.3, -0.25) is 0 Å². The normalized spacial score (nSPS) is 43.0. The molecule has 0 spiro atoms. The van der Waals surface area contributed by atoms with E-state index in [0.29, 0.717) is 0 Å². The number of carbonyl (C=O) groups is 3. The molecule has 4 aliphatic rings. The highest BCUT2D eigenvalue weighted by Gasteiger charge is 2.56. The predicted octanol–water partition coefficient (Wildman–Crippen LogP) is -12.1. The molecule has 4 rings (SSSR count). The lowest BCUT2D eigenvalue weighted by atomic mass is 9.95. The number of hydrogen-bond acceptors (Lipinski definition) is 27. The second-order valence-electron chi connectivity index (χ2n) is 13.6. The van der Waals surface area contributed by atoms with E-state index in [1.54, 1.807) is 0 Å². The zero-order valence-electron chi connectivity index (χ0n) is 31.4. The van der Waals surface area contributed by atoms with Gasteiger partial charge in [-0.1, -0.05) is 0 Å². The van der Waals surface area contributed by atoms with Gasteiger partial charge in [-0.05, 0) is 0 Å². The number of ether oxygens (including phenoxy) is 12. The van der Waals surface area contributed by atoms with Crippen LogP contribution in [0.5, 0.6) is 0 Å². The van der Waals surface area contributed by atoms with Crippen LogP contribution in [0.1, 0.15) is 0 Å². The van der Waals surface area contributed by atoms with Crippen LogP contribution in [0.4, 0.5) is 0 Å². The molecule has 0 bridgehead atoms. The molecule has 27 heteroatoms. The summed E-state index contributed by atoms with van der Waals surface area (Å²) in [5.74, 6) is -4.99. The lowest BCUT2D eigenvalue weighted by molar-refractivity contribution is -0.391. The summed E-state index contributed by atoms with van der Waals surface area (Å²) in [5.41, 5.74) is 0. The van der Waals surface area contributed by atoms with Crippen molar-refractivity contribution in [1.82, 2.24) is 0 Å². The fourth-order valence-corrected chi connectivity index (χ4v) is 6.82. The standard InChI is InChI=1S/C32H52O27/c1-48-24-12(5-50-7-14(35)36)56-31(21(45)17(24)41)57-25-10(3-33)53-30(22(46)19(25)43)58-26-11(4-34)54-32(28(23(26)47)52-9-16(39)40)59-27-13(6-51-8-15(37)38)55-29(49-2)20(44)18(27)42/h10-13,17-34,41-47H,3-9H2,1-2H3,(H,35,36)(H,37,38)(H,39,40)/p-3/t10-,11?,12?,13-,17+,18?,19?,20?,21?,22?,23-,24+,25+,26+,27+,28?,29+,30-,31-,32-/m0/s1. The van der Waals surface area contributed by atoms with E-state index in [-0.39, 0.29) is 0 Å². The summed E-state index contributed by atoms with van der Waals surface area (Å²) in [7, 11) is 2.28. The Morgan fingerprint density at radius 1 is 0.458 bits per heavy atom. The minimum absolute atomic E-state index is 0.510. The Balaban J connectivity index is 1.51. The third-order valence-corrected chi connectivity index (χ3v) is 9.67. The SMILES string of the molecule is CO[C@@H]1O[C@@H](COCC(=O)[O-])[C@@H](O[C@@H]2OC(CO)[C@@H](O[C@@H]3O[C@@H](CO)[C@@H](O[C@@H]4OC(COCC(=O)[O-])[C@@H](OC)[C@H](O)C4O)C(O)C3O)[C@H](O)C2OCC(=O)[O-])C(O)C1O. The fraction of sp³-hybridized carbons (Fsp3) is 0.906. The second-order valence-corrected chi connectivity index (χ2v) is 13.6. The topological polar surface area (TPSA) is 413 Å². The zero-order valence-corrected chi connectivity index (χ0v) is 31.4. The Morgan fingerprint density at radius 3 is 1.29 bits per heavy atom. The molecule has 342 valence electrons. The zero-order chi connectivity index (χ0) is 43.7. The summed E-state index contributed by atoms with van der Waals surface area (Å²) in [6.45, 7) is -6.14. The molecule has 0 aromatic rings. The fourth-order valence-electron chi connectivity index (χ4n) is 6.82. The maximum absolute atomic E-state index is 11.5. The molecule has 0 aromatic carbocycles. The van der Waals surface area contributed by atoms with Crippen LogP contribution in [-0.4, -0.2) is 247 Å². The number of aliphatic hydroxyl groups excluding tert-OH is 9. The predicted molar refractivity (Wildman–Crippen MR) is 170 cm³/mol. The maximum Gasteiger partial charge on any atom is 0.187 e. The van der Waals surface area contributed by atoms with Crippen molar-refractivity contribution in [2.75, 3.05) is 60.5 Å². The van der Waals surface area contributed by atoms with Crippen molar-refractivity contribution < 1.29 is 133 Å².